The molecule has 4 heteroatoms. The maximum atomic E-state index is 5.29. The maximum absolute atomic E-state index is 5.29. The summed E-state index contributed by atoms with van der Waals surface area (Å²) in [6.07, 6.45) is 0. The highest BCUT2D eigenvalue weighted by atomic mass is 32.1. The van der Waals surface area contributed by atoms with E-state index in [1.165, 1.54) is 41.7 Å². The number of hydrogen-bond donors (Lipinski definition) is 0. The molecule has 0 radical (unpaired) electrons. The van der Waals surface area contributed by atoms with Gasteiger partial charge in [0.1, 0.15) is 0 Å². The second-order valence-corrected chi connectivity index (χ2v) is 13.5. The van der Waals surface area contributed by atoms with Crippen molar-refractivity contribution >= 4 is 63.8 Å². The van der Waals surface area contributed by atoms with Crippen LogP contribution >= 0.6 is 11.3 Å². The lowest BCUT2D eigenvalue weighted by atomic mass is 9.93. The summed E-state index contributed by atoms with van der Waals surface area (Å²) in [7, 11) is 0. The third-order valence-electron chi connectivity index (χ3n) is 9.48. The zero-order chi connectivity index (χ0) is 32.3. The predicted molar refractivity (Wildman–Crippen MR) is 207 cm³/mol. The summed E-state index contributed by atoms with van der Waals surface area (Å²) in [5.74, 6) is 1.99. The van der Waals surface area contributed by atoms with E-state index in [9.17, 15) is 0 Å². The van der Waals surface area contributed by atoms with Crippen LogP contribution in [-0.2, 0) is 0 Å². The van der Waals surface area contributed by atoms with E-state index in [0.29, 0.717) is 17.5 Å². The molecule has 0 aliphatic heterocycles. The maximum Gasteiger partial charge on any atom is 0.165 e. The van der Waals surface area contributed by atoms with E-state index in [1.54, 1.807) is 11.3 Å². The summed E-state index contributed by atoms with van der Waals surface area (Å²) < 4.78 is 2.44. The number of aromatic nitrogens is 3. The first-order valence-electron chi connectivity index (χ1n) is 16.4. The smallest absolute Gasteiger partial charge is 0.165 e. The van der Waals surface area contributed by atoms with Crippen LogP contribution in [-0.4, -0.2) is 15.0 Å². The lowest BCUT2D eigenvalue weighted by molar-refractivity contribution is 1.08. The molecular weight excluding hydrogens is 615 g/mol. The Hall–Kier alpha value is -6.23. The quantitative estimate of drug-likeness (QED) is 0.192. The van der Waals surface area contributed by atoms with Crippen LogP contribution in [0, 0.1) is 0 Å². The van der Waals surface area contributed by atoms with Crippen LogP contribution in [0.3, 0.4) is 0 Å². The number of rotatable bonds is 4. The van der Waals surface area contributed by atoms with E-state index in [2.05, 4.69) is 146 Å². The van der Waals surface area contributed by atoms with Crippen molar-refractivity contribution in [1.29, 1.82) is 0 Å². The lowest BCUT2D eigenvalue weighted by Gasteiger charge is -2.14. The van der Waals surface area contributed by atoms with E-state index in [-0.39, 0.29) is 0 Å². The van der Waals surface area contributed by atoms with Gasteiger partial charge in [0.25, 0.3) is 0 Å². The normalized spacial score (nSPS) is 11.7. The van der Waals surface area contributed by atoms with Crippen LogP contribution in [0.15, 0.2) is 164 Å². The van der Waals surface area contributed by atoms with Crippen LogP contribution in [0.25, 0.3) is 97.8 Å². The van der Waals surface area contributed by atoms with Gasteiger partial charge in [-0.05, 0) is 62.3 Å². The van der Waals surface area contributed by atoms with Crippen molar-refractivity contribution in [2.75, 3.05) is 0 Å². The van der Waals surface area contributed by atoms with E-state index in [1.807, 2.05) is 18.2 Å². The minimum absolute atomic E-state index is 0.657. The molecule has 0 saturated carbocycles. The van der Waals surface area contributed by atoms with Crippen LogP contribution < -0.4 is 0 Å². The number of hydrogen-bond acceptors (Lipinski definition) is 4. The van der Waals surface area contributed by atoms with Gasteiger partial charge in [0.15, 0.2) is 17.5 Å². The molecule has 10 aromatic rings. The van der Waals surface area contributed by atoms with E-state index in [4.69, 9.17) is 15.0 Å². The average Bonchev–Trinajstić information content (AvgIpc) is 3.54. The molecule has 0 N–H and O–H groups in total. The topological polar surface area (TPSA) is 38.7 Å². The van der Waals surface area contributed by atoms with Crippen LogP contribution in [0.4, 0.5) is 0 Å². The molecule has 49 heavy (non-hydrogen) atoms. The molecule has 10 rings (SSSR count). The van der Waals surface area contributed by atoms with E-state index in [0.717, 1.165) is 38.6 Å². The standard InChI is InChI=1S/C45H27N3S/c1-2-12-30(13-3-1)43-46-44(37-21-9-18-29-17-8-19-35(41(29)37)34-24-23-28-11-4-5-14-31(28)25-34)48-45(47-43)38-22-10-20-36-39-26-32-15-6-7-16-33(32)27-40(39)49-42(36)38/h1-27H. The summed E-state index contributed by atoms with van der Waals surface area (Å²) in [6.45, 7) is 0. The molecule has 228 valence electrons. The molecule has 0 spiro atoms. The molecule has 0 unspecified atom stereocenters. The lowest BCUT2D eigenvalue weighted by Crippen LogP contribution is -2.01. The van der Waals surface area contributed by atoms with Gasteiger partial charge in [0.2, 0.25) is 0 Å². The fourth-order valence-corrected chi connectivity index (χ4v) is 8.36. The van der Waals surface area contributed by atoms with Crippen molar-refractivity contribution in [3.8, 4) is 45.3 Å². The Labute approximate surface area is 286 Å². The van der Waals surface area contributed by atoms with E-state index < -0.39 is 0 Å². The monoisotopic (exact) mass is 641 g/mol. The highest BCUT2D eigenvalue weighted by Crippen LogP contribution is 2.42. The van der Waals surface area contributed by atoms with Gasteiger partial charge in [-0.15, -0.1) is 11.3 Å². The molecule has 0 atom stereocenters. The van der Waals surface area contributed by atoms with Crippen LogP contribution in [0.5, 0.6) is 0 Å². The molecule has 3 nitrogen and oxygen atoms in total. The van der Waals surface area contributed by atoms with Crippen molar-refractivity contribution in [2.45, 2.75) is 0 Å². The SMILES string of the molecule is c1ccc(-c2nc(-c3cccc4c3sc3cc5ccccc5cc34)nc(-c3cccc4cccc(-c5ccc6ccccc6c5)c34)n2)cc1. The molecule has 0 aliphatic carbocycles. The van der Waals surface area contributed by atoms with Gasteiger partial charge in [-0.25, -0.2) is 15.0 Å². The van der Waals surface area contributed by atoms with Gasteiger partial charge in [0.05, 0.1) is 0 Å². The first-order valence-corrected chi connectivity index (χ1v) is 17.3. The molecule has 0 fully saturated rings. The van der Waals surface area contributed by atoms with Crippen molar-refractivity contribution in [2.24, 2.45) is 0 Å². The Kier molecular flexibility index (Phi) is 6.36. The highest BCUT2D eigenvalue weighted by molar-refractivity contribution is 7.26. The molecule has 0 aliphatic rings. The van der Waals surface area contributed by atoms with Gasteiger partial charge in [-0.2, -0.15) is 0 Å². The first-order chi connectivity index (χ1) is 24.3. The molecule has 0 amide bonds. The first kappa shape index (κ1) is 27.8. The third kappa shape index (κ3) is 4.68. The van der Waals surface area contributed by atoms with Crippen molar-refractivity contribution < 1.29 is 0 Å². The number of fused-ring (bicyclic) bond motifs is 6. The second-order valence-electron chi connectivity index (χ2n) is 12.4. The fraction of sp³-hybridized carbons (Fsp3) is 0. The minimum atomic E-state index is 0.657. The number of thiophene rings is 1. The third-order valence-corrected chi connectivity index (χ3v) is 10.7. The summed E-state index contributed by atoms with van der Waals surface area (Å²) >= 11 is 1.80. The van der Waals surface area contributed by atoms with Gasteiger partial charge in [-0.3, -0.25) is 0 Å². The van der Waals surface area contributed by atoms with Crippen molar-refractivity contribution in [1.82, 2.24) is 15.0 Å². The van der Waals surface area contributed by atoms with E-state index >= 15 is 0 Å². The Bertz CT molecular complexity index is 2890. The molecule has 0 bridgehead atoms. The Morgan fingerprint density at radius 3 is 1.73 bits per heavy atom. The largest absolute Gasteiger partial charge is 0.208 e. The summed E-state index contributed by atoms with van der Waals surface area (Å²) in [5, 5.41) is 9.68. The second kappa shape index (κ2) is 11.2. The Morgan fingerprint density at radius 1 is 0.347 bits per heavy atom. The summed E-state index contributed by atoms with van der Waals surface area (Å²) in [4.78, 5) is 15.6. The molecular formula is C45H27N3S. The number of nitrogens with zero attached hydrogens (tertiary/aromatic N) is 3. The zero-order valence-electron chi connectivity index (χ0n) is 26.3. The van der Waals surface area contributed by atoms with Crippen LogP contribution in [0.1, 0.15) is 0 Å². The predicted octanol–water partition coefficient (Wildman–Crippen LogP) is 12.4. The minimum Gasteiger partial charge on any atom is -0.208 e. The van der Waals surface area contributed by atoms with Crippen LogP contribution in [0.2, 0.25) is 0 Å². The average molecular weight is 642 g/mol. The summed E-state index contributed by atoms with van der Waals surface area (Å²) in [5.41, 5.74) is 5.27. The van der Waals surface area contributed by atoms with Gasteiger partial charge in [-0.1, -0.05) is 140 Å². The van der Waals surface area contributed by atoms with Gasteiger partial charge in [0, 0.05) is 42.2 Å². The van der Waals surface area contributed by atoms with Gasteiger partial charge >= 0.3 is 0 Å². The molecule has 0 saturated heterocycles. The molecule has 2 heterocycles. The Morgan fingerprint density at radius 2 is 0.939 bits per heavy atom. The highest BCUT2D eigenvalue weighted by Gasteiger charge is 2.19. The summed E-state index contributed by atoms with van der Waals surface area (Å²) in [6, 6.07) is 58.0. The van der Waals surface area contributed by atoms with Gasteiger partial charge < -0.3 is 0 Å². The zero-order valence-corrected chi connectivity index (χ0v) is 27.2. The molecule has 2 aromatic heterocycles. The Balaban J connectivity index is 1.23. The molecule has 8 aromatic carbocycles. The van der Waals surface area contributed by atoms with Crippen molar-refractivity contribution in [3.63, 3.8) is 0 Å². The number of benzene rings is 8. The fourth-order valence-electron chi connectivity index (χ4n) is 7.12. The van der Waals surface area contributed by atoms with Crippen molar-refractivity contribution in [3.05, 3.63) is 164 Å².